The van der Waals surface area contributed by atoms with Gasteiger partial charge in [0, 0.05) is 31.3 Å². The summed E-state index contributed by atoms with van der Waals surface area (Å²) in [4.78, 5) is 14.1. The molecule has 7 heteroatoms. The first-order chi connectivity index (χ1) is 12.6. The molecular formula is C19H25ClN4O2. The Balaban J connectivity index is 1.52. The fraction of sp³-hybridized carbons (Fsp3) is 0.474. The van der Waals surface area contributed by atoms with Crippen LogP contribution in [0.2, 0.25) is 5.02 Å². The third-order valence-corrected chi connectivity index (χ3v) is 4.86. The van der Waals surface area contributed by atoms with Gasteiger partial charge >= 0.3 is 6.03 Å². The van der Waals surface area contributed by atoms with Crippen molar-refractivity contribution in [1.82, 2.24) is 14.7 Å². The monoisotopic (exact) mass is 376 g/mol. The summed E-state index contributed by atoms with van der Waals surface area (Å²) in [5.41, 5.74) is 1.07. The molecule has 1 saturated heterocycles. The van der Waals surface area contributed by atoms with E-state index in [-0.39, 0.29) is 12.1 Å². The second-order valence-electron chi connectivity index (χ2n) is 6.63. The lowest BCUT2D eigenvalue weighted by molar-refractivity contribution is 0.00848. The minimum Gasteiger partial charge on any atom is -0.378 e. The number of hydrogen-bond donors (Lipinski definition) is 1. The number of hydrogen-bond acceptors (Lipinski definition) is 3. The molecule has 6 nitrogen and oxygen atoms in total. The first kappa shape index (κ1) is 18.7. The first-order valence-corrected chi connectivity index (χ1v) is 9.39. The van der Waals surface area contributed by atoms with Crippen LogP contribution in [0.1, 0.15) is 31.2 Å². The fourth-order valence-electron chi connectivity index (χ4n) is 3.01. The maximum absolute atomic E-state index is 12.4. The van der Waals surface area contributed by atoms with Gasteiger partial charge in [0.2, 0.25) is 0 Å². The van der Waals surface area contributed by atoms with Gasteiger partial charge in [0.1, 0.15) is 5.82 Å². The standard InChI is InChI=1S/C19H25ClN4O2/c1-23(12-10-17-4-2-3-13-26-17)19(25)22-18-9-11-21-24(18)14-15-5-7-16(20)8-6-15/h5-9,11,17H,2-4,10,12-14H2,1H3,(H,22,25)/t17-/m0/s1. The van der Waals surface area contributed by atoms with Crippen molar-refractivity contribution >= 4 is 23.4 Å². The topological polar surface area (TPSA) is 59.4 Å². The number of urea groups is 1. The third kappa shape index (κ3) is 5.22. The molecule has 1 atom stereocenters. The molecule has 2 heterocycles. The minimum absolute atomic E-state index is 0.140. The van der Waals surface area contributed by atoms with Crippen LogP contribution in [0, 0.1) is 0 Å². The summed E-state index contributed by atoms with van der Waals surface area (Å²) in [7, 11) is 1.80. The van der Waals surface area contributed by atoms with E-state index < -0.39 is 0 Å². The fourth-order valence-corrected chi connectivity index (χ4v) is 3.13. The molecule has 1 aromatic carbocycles. The van der Waals surface area contributed by atoms with E-state index in [1.54, 1.807) is 28.9 Å². The van der Waals surface area contributed by atoms with Gasteiger partial charge < -0.3 is 9.64 Å². The second kappa shape index (κ2) is 9.05. The van der Waals surface area contributed by atoms with Gasteiger partial charge in [-0.15, -0.1) is 0 Å². The number of halogens is 1. The Hall–Kier alpha value is -2.05. The molecule has 1 aromatic heterocycles. The van der Waals surface area contributed by atoms with Gasteiger partial charge in [-0.05, 0) is 43.4 Å². The van der Waals surface area contributed by atoms with Gasteiger partial charge in [-0.3, -0.25) is 5.32 Å². The number of nitrogens with one attached hydrogen (secondary N) is 1. The van der Waals surface area contributed by atoms with Crippen LogP contribution >= 0.6 is 11.6 Å². The highest BCUT2D eigenvalue weighted by atomic mass is 35.5. The van der Waals surface area contributed by atoms with Crippen LogP contribution in [-0.2, 0) is 11.3 Å². The summed E-state index contributed by atoms with van der Waals surface area (Å²) in [6.45, 7) is 2.08. The summed E-state index contributed by atoms with van der Waals surface area (Å²) in [5, 5.41) is 7.93. The van der Waals surface area contributed by atoms with E-state index in [2.05, 4.69) is 10.4 Å². The smallest absolute Gasteiger partial charge is 0.322 e. The van der Waals surface area contributed by atoms with Crippen molar-refractivity contribution in [3.63, 3.8) is 0 Å². The summed E-state index contributed by atoms with van der Waals surface area (Å²) in [6, 6.07) is 9.25. The molecule has 0 radical (unpaired) electrons. The van der Waals surface area contributed by atoms with Crippen LogP contribution in [0.4, 0.5) is 10.6 Å². The Morgan fingerprint density at radius 1 is 1.35 bits per heavy atom. The molecule has 26 heavy (non-hydrogen) atoms. The largest absolute Gasteiger partial charge is 0.378 e. The number of benzene rings is 1. The maximum Gasteiger partial charge on any atom is 0.322 e. The van der Waals surface area contributed by atoms with Crippen molar-refractivity contribution in [3.05, 3.63) is 47.1 Å². The third-order valence-electron chi connectivity index (χ3n) is 4.60. The average molecular weight is 377 g/mol. The zero-order chi connectivity index (χ0) is 18.4. The molecular weight excluding hydrogens is 352 g/mol. The molecule has 140 valence electrons. The number of ether oxygens (including phenoxy) is 1. The van der Waals surface area contributed by atoms with E-state index >= 15 is 0 Å². The zero-order valence-electron chi connectivity index (χ0n) is 15.0. The molecule has 0 saturated carbocycles. The molecule has 1 fully saturated rings. The van der Waals surface area contributed by atoms with Crippen molar-refractivity contribution in [2.75, 3.05) is 25.5 Å². The second-order valence-corrected chi connectivity index (χ2v) is 7.07. The highest BCUT2D eigenvalue weighted by Gasteiger charge is 2.17. The number of carbonyl (C=O) groups is 1. The Labute approximate surface area is 159 Å². The molecule has 0 unspecified atom stereocenters. The minimum atomic E-state index is -0.140. The summed E-state index contributed by atoms with van der Waals surface area (Å²) >= 11 is 5.92. The molecule has 2 amide bonds. The maximum atomic E-state index is 12.4. The Morgan fingerprint density at radius 3 is 2.88 bits per heavy atom. The van der Waals surface area contributed by atoms with Crippen molar-refractivity contribution in [1.29, 1.82) is 0 Å². The van der Waals surface area contributed by atoms with E-state index in [1.807, 2.05) is 24.3 Å². The Bertz CT molecular complexity index is 711. The van der Waals surface area contributed by atoms with Gasteiger partial charge in [0.25, 0.3) is 0 Å². The molecule has 1 aliphatic rings. The van der Waals surface area contributed by atoms with Crippen molar-refractivity contribution < 1.29 is 9.53 Å². The highest BCUT2D eigenvalue weighted by Crippen LogP contribution is 2.17. The van der Waals surface area contributed by atoms with Gasteiger partial charge in [0.15, 0.2) is 0 Å². The summed E-state index contributed by atoms with van der Waals surface area (Å²) in [5.74, 6) is 0.672. The van der Waals surface area contributed by atoms with E-state index in [9.17, 15) is 4.79 Å². The quantitative estimate of drug-likeness (QED) is 0.828. The SMILES string of the molecule is CN(CC[C@@H]1CCCCO1)C(=O)Nc1ccnn1Cc1ccc(Cl)cc1. The van der Waals surface area contributed by atoms with Crippen molar-refractivity contribution in [2.24, 2.45) is 0 Å². The zero-order valence-corrected chi connectivity index (χ0v) is 15.8. The number of aromatic nitrogens is 2. The van der Waals surface area contributed by atoms with Gasteiger partial charge in [-0.2, -0.15) is 5.10 Å². The molecule has 2 aromatic rings. The van der Waals surface area contributed by atoms with Crippen molar-refractivity contribution in [3.8, 4) is 0 Å². The van der Waals surface area contributed by atoms with Crippen LogP contribution in [0.5, 0.6) is 0 Å². The van der Waals surface area contributed by atoms with Crippen LogP contribution < -0.4 is 5.32 Å². The number of anilines is 1. The Morgan fingerprint density at radius 2 is 2.15 bits per heavy atom. The number of nitrogens with zero attached hydrogens (tertiary/aromatic N) is 3. The predicted octanol–water partition coefficient (Wildman–Crippen LogP) is 4.01. The highest BCUT2D eigenvalue weighted by molar-refractivity contribution is 6.30. The molecule has 0 spiro atoms. The predicted molar refractivity (Wildman–Crippen MR) is 103 cm³/mol. The molecule has 1 N–H and O–H groups in total. The summed E-state index contributed by atoms with van der Waals surface area (Å²) in [6.07, 6.45) is 6.27. The van der Waals surface area contributed by atoms with Gasteiger partial charge in [0.05, 0.1) is 18.8 Å². The van der Waals surface area contributed by atoms with Gasteiger partial charge in [-0.1, -0.05) is 23.7 Å². The van der Waals surface area contributed by atoms with Crippen LogP contribution in [0.3, 0.4) is 0 Å². The van der Waals surface area contributed by atoms with E-state index in [1.165, 1.54) is 6.42 Å². The lowest BCUT2D eigenvalue weighted by atomic mass is 10.1. The molecule has 3 rings (SSSR count). The summed E-state index contributed by atoms with van der Waals surface area (Å²) < 4.78 is 7.49. The van der Waals surface area contributed by atoms with Crippen molar-refractivity contribution in [2.45, 2.75) is 38.3 Å². The van der Waals surface area contributed by atoms with E-state index in [0.717, 1.165) is 31.4 Å². The first-order valence-electron chi connectivity index (χ1n) is 9.02. The van der Waals surface area contributed by atoms with Crippen LogP contribution in [0.25, 0.3) is 0 Å². The Kier molecular flexibility index (Phi) is 6.52. The van der Waals surface area contributed by atoms with E-state index in [4.69, 9.17) is 16.3 Å². The molecule has 0 aliphatic carbocycles. The lowest BCUT2D eigenvalue weighted by Crippen LogP contribution is -2.35. The average Bonchev–Trinajstić information content (AvgIpc) is 3.09. The van der Waals surface area contributed by atoms with Crippen LogP contribution in [-0.4, -0.2) is 47.0 Å². The lowest BCUT2D eigenvalue weighted by Gasteiger charge is -2.25. The van der Waals surface area contributed by atoms with E-state index in [0.29, 0.717) is 23.9 Å². The molecule has 1 aliphatic heterocycles. The normalized spacial score (nSPS) is 17.1. The van der Waals surface area contributed by atoms with Gasteiger partial charge in [-0.25, -0.2) is 9.48 Å². The number of amides is 2. The van der Waals surface area contributed by atoms with Crippen LogP contribution in [0.15, 0.2) is 36.5 Å². The number of rotatable bonds is 6. The molecule has 0 bridgehead atoms. The number of carbonyl (C=O) groups excluding carboxylic acids is 1.